The molecule has 12 nitrogen and oxygen atoms in total. The van der Waals surface area contributed by atoms with Crippen LogP contribution < -0.4 is 0 Å². The maximum atomic E-state index is 12.4. The predicted molar refractivity (Wildman–Crippen MR) is 146 cm³/mol. The maximum Gasteiger partial charge on any atom is 0.309 e. The summed E-state index contributed by atoms with van der Waals surface area (Å²) in [5.41, 5.74) is 0. The fourth-order valence-electron chi connectivity index (χ4n) is 5.55. The highest BCUT2D eigenvalue weighted by atomic mass is 17.0. The number of ether oxygens (including phenoxy) is 3. The molecule has 0 spiro atoms. The first-order valence-electron chi connectivity index (χ1n) is 15.5. The van der Waals surface area contributed by atoms with Crippen LogP contribution in [0.5, 0.6) is 0 Å². The van der Waals surface area contributed by atoms with E-state index in [1.165, 1.54) is 96.3 Å². The highest BCUT2D eigenvalue weighted by Gasteiger charge is 2.63. The van der Waals surface area contributed by atoms with Crippen LogP contribution >= 0.6 is 0 Å². The Morgan fingerprint density at radius 3 is 1.68 bits per heavy atom. The number of carbonyl (C=O) groups excluding carboxylic acids is 1. The third-order valence-corrected chi connectivity index (χ3v) is 7.74. The van der Waals surface area contributed by atoms with E-state index in [9.17, 15) is 25.0 Å². The van der Waals surface area contributed by atoms with Crippen molar-refractivity contribution in [3.63, 3.8) is 0 Å². The van der Waals surface area contributed by atoms with Crippen molar-refractivity contribution in [2.75, 3.05) is 13.2 Å². The predicted octanol–water partition coefficient (Wildman–Crippen LogP) is 6.63. The van der Waals surface area contributed by atoms with E-state index < -0.39 is 46.8 Å². The summed E-state index contributed by atoms with van der Waals surface area (Å²) in [7, 11) is 0. The SMILES string of the molecule is CCCCCCCCCCCCCCCCCCCCCC(=O)O[C@@]1(O[N+](=O)[O-])CO[C@@H]2[C@H](O[N+](=O)[O-])CO[C@@H]21. The van der Waals surface area contributed by atoms with Gasteiger partial charge < -0.3 is 19.0 Å². The summed E-state index contributed by atoms with van der Waals surface area (Å²) in [6.45, 7) is 1.54. The number of nitrogens with zero attached hydrogens (tertiary/aromatic N) is 2. The van der Waals surface area contributed by atoms with Gasteiger partial charge in [0, 0.05) is 6.42 Å². The molecule has 0 saturated carbocycles. The van der Waals surface area contributed by atoms with E-state index >= 15 is 0 Å². The third kappa shape index (κ3) is 13.0. The molecule has 232 valence electrons. The Balaban J connectivity index is 1.46. The molecule has 2 aliphatic rings. The van der Waals surface area contributed by atoms with Gasteiger partial charge in [0.1, 0.15) is 12.7 Å². The lowest BCUT2D eigenvalue weighted by atomic mass is 10.0. The van der Waals surface area contributed by atoms with Gasteiger partial charge in [0.25, 0.3) is 10.2 Å². The number of hydrogen-bond acceptors (Lipinski definition) is 10. The number of rotatable bonds is 25. The van der Waals surface area contributed by atoms with E-state index in [1.807, 2.05) is 0 Å². The molecule has 0 unspecified atom stereocenters. The summed E-state index contributed by atoms with van der Waals surface area (Å²) >= 11 is 0. The number of carbonyl (C=O) groups is 1. The number of fused-ring (bicyclic) bond motifs is 1. The smallest absolute Gasteiger partial charge is 0.309 e. The minimum absolute atomic E-state index is 0.0773. The van der Waals surface area contributed by atoms with Gasteiger partial charge in [0.2, 0.25) is 0 Å². The molecule has 0 amide bonds. The van der Waals surface area contributed by atoms with Crippen molar-refractivity contribution >= 4 is 5.97 Å². The van der Waals surface area contributed by atoms with Crippen LogP contribution in [-0.4, -0.2) is 53.5 Å². The van der Waals surface area contributed by atoms with Crippen LogP contribution in [0, 0.1) is 20.2 Å². The topological polar surface area (TPSA) is 150 Å². The Hall–Kier alpha value is -2.21. The van der Waals surface area contributed by atoms with Gasteiger partial charge in [-0.25, -0.2) is 0 Å². The Morgan fingerprint density at radius 2 is 1.23 bits per heavy atom. The zero-order valence-corrected chi connectivity index (χ0v) is 24.3. The van der Waals surface area contributed by atoms with Gasteiger partial charge in [-0.1, -0.05) is 122 Å². The zero-order chi connectivity index (χ0) is 29.1. The van der Waals surface area contributed by atoms with Gasteiger partial charge in [-0.05, 0) is 6.42 Å². The molecule has 2 aliphatic heterocycles. The van der Waals surface area contributed by atoms with Gasteiger partial charge in [-0.2, -0.15) is 0 Å². The van der Waals surface area contributed by atoms with Crippen LogP contribution in [0.15, 0.2) is 0 Å². The molecule has 0 aromatic rings. The highest BCUT2D eigenvalue weighted by molar-refractivity contribution is 5.69. The van der Waals surface area contributed by atoms with Crippen LogP contribution in [-0.2, 0) is 28.7 Å². The maximum absolute atomic E-state index is 12.4. The third-order valence-electron chi connectivity index (χ3n) is 7.74. The van der Waals surface area contributed by atoms with Crippen molar-refractivity contribution in [1.29, 1.82) is 0 Å². The van der Waals surface area contributed by atoms with Crippen LogP contribution in [0.2, 0.25) is 0 Å². The van der Waals surface area contributed by atoms with Crippen molar-refractivity contribution in [3.8, 4) is 0 Å². The standard InChI is InChI=1S/C28H50N2O10/c1-2-3-4-5-6-7-8-9-10-11-12-13-14-15-16-17-18-19-20-21-25(31)38-28(40-30(34)35)23-37-26-24(39-29(32)33)22-36-27(26)28/h24,26-27H,2-23H2,1H3/t24-,26-,27+,28-/m1/s1. The molecule has 0 aromatic carbocycles. The first kappa shape index (κ1) is 34.0. The van der Waals surface area contributed by atoms with Crippen LogP contribution in [0.4, 0.5) is 0 Å². The monoisotopic (exact) mass is 574 g/mol. The van der Waals surface area contributed by atoms with Gasteiger partial charge in [0.15, 0.2) is 12.2 Å². The lowest BCUT2D eigenvalue weighted by Crippen LogP contribution is -2.51. The molecule has 0 N–H and O–H groups in total. The minimum atomic E-state index is -2.10. The van der Waals surface area contributed by atoms with E-state index in [-0.39, 0.29) is 13.0 Å². The summed E-state index contributed by atoms with van der Waals surface area (Å²) < 4.78 is 16.1. The second kappa shape index (κ2) is 19.8. The van der Waals surface area contributed by atoms with Crippen LogP contribution in [0.1, 0.15) is 135 Å². The number of hydrogen-bond donors (Lipinski definition) is 0. The van der Waals surface area contributed by atoms with Gasteiger partial charge in [0.05, 0.1) is 6.61 Å². The fraction of sp³-hybridized carbons (Fsp3) is 0.964. The average Bonchev–Trinajstić information content (AvgIpc) is 3.46. The van der Waals surface area contributed by atoms with E-state index in [1.54, 1.807) is 0 Å². The van der Waals surface area contributed by atoms with E-state index in [2.05, 4.69) is 16.6 Å². The Bertz CT molecular complexity index is 740. The van der Waals surface area contributed by atoms with Crippen molar-refractivity contribution in [1.82, 2.24) is 0 Å². The van der Waals surface area contributed by atoms with Crippen LogP contribution in [0.3, 0.4) is 0 Å². The van der Waals surface area contributed by atoms with Gasteiger partial charge in [-0.15, -0.1) is 20.2 Å². The molecule has 0 aliphatic carbocycles. The molecule has 0 radical (unpaired) electrons. The van der Waals surface area contributed by atoms with Crippen molar-refractivity contribution in [2.45, 2.75) is 159 Å². The summed E-state index contributed by atoms with van der Waals surface area (Å²) in [6, 6.07) is 0. The highest BCUT2D eigenvalue weighted by Crippen LogP contribution is 2.39. The molecule has 2 heterocycles. The molecule has 0 bridgehead atoms. The Kier molecular flexibility index (Phi) is 16.8. The molecule has 40 heavy (non-hydrogen) atoms. The Morgan fingerprint density at radius 1 is 0.750 bits per heavy atom. The minimum Gasteiger partial charge on any atom is -0.427 e. The second-order valence-electron chi connectivity index (χ2n) is 11.1. The molecule has 4 atom stereocenters. The normalized spacial score (nSPS) is 23.6. The van der Waals surface area contributed by atoms with E-state index in [0.717, 1.165) is 19.3 Å². The number of unbranched alkanes of at least 4 members (excludes halogenated alkanes) is 18. The first-order valence-corrected chi connectivity index (χ1v) is 15.5. The van der Waals surface area contributed by atoms with Crippen molar-refractivity contribution in [3.05, 3.63) is 20.2 Å². The lowest BCUT2D eigenvalue weighted by Gasteiger charge is -2.29. The molecule has 2 rings (SSSR count). The lowest BCUT2D eigenvalue weighted by molar-refractivity contribution is -0.796. The first-order chi connectivity index (χ1) is 19.4. The molecule has 12 heteroatoms. The molecule has 2 fully saturated rings. The second-order valence-corrected chi connectivity index (χ2v) is 11.1. The summed E-state index contributed by atoms with van der Waals surface area (Å²) in [5.74, 6) is -2.77. The summed E-state index contributed by atoms with van der Waals surface area (Å²) in [6.07, 6.45) is 20.5. The quantitative estimate of drug-likeness (QED) is 0.0382. The Labute approximate surface area is 238 Å². The largest absolute Gasteiger partial charge is 0.427 e. The van der Waals surface area contributed by atoms with E-state index in [4.69, 9.17) is 14.2 Å². The number of esters is 1. The molecule has 0 aromatic heterocycles. The van der Waals surface area contributed by atoms with Gasteiger partial charge in [-0.3, -0.25) is 9.63 Å². The summed E-state index contributed by atoms with van der Waals surface area (Å²) in [4.78, 5) is 43.4. The van der Waals surface area contributed by atoms with Crippen molar-refractivity contribution < 1.29 is 38.9 Å². The van der Waals surface area contributed by atoms with E-state index in [0.29, 0.717) is 6.42 Å². The molecule has 2 saturated heterocycles. The zero-order valence-electron chi connectivity index (χ0n) is 24.3. The van der Waals surface area contributed by atoms with Crippen LogP contribution in [0.25, 0.3) is 0 Å². The fourth-order valence-corrected chi connectivity index (χ4v) is 5.55. The summed E-state index contributed by atoms with van der Waals surface area (Å²) in [5, 5.41) is 19.7. The molecular formula is C28H50N2O10. The van der Waals surface area contributed by atoms with Crippen molar-refractivity contribution in [2.24, 2.45) is 0 Å². The molecular weight excluding hydrogens is 524 g/mol. The average molecular weight is 575 g/mol. The van der Waals surface area contributed by atoms with Gasteiger partial charge >= 0.3 is 11.8 Å².